The molecule has 1 aliphatic carbocycles. The Bertz CT molecular complexity index is 1640. The second kappa shape index (κ2) is 10.5. The lowest BCUT2D eigenvalue weighted by Gasteiger charge is -2.29. The Morgan fingerprint density at radius 3 is 2.69 bits per heavy atom. The minimum absolute atomic E-state index is 0.0618. The van der Waals surface area contributed by atoms with Crippen molar-refractivity contribution in [3.8, 4) is 11.5 Å². The molecule has 42 heavy (non-hydrogen) atoms. The largest absolute Gasteiger partial charge is 0.497 e. The molecule has 1 saturated carbocycles. The number of benzene rings is 2. The van der Waals surface area contributed by atoms with Crippen LogP contribution in [0.2, 0.25) is 0 Å². The number of hydrogen-bond donors (Lipinski definition) is 4. The number of thiazole rings is 1. The Kier molecular flexibility index (Phi) is 6.97. The highest BCUT2D eigenvalue weighted by Crippen LogP contribution is 2.42. The van der Waals surface area contributed by atoms with E-state index in [0.29, 0.717) is 34.4 Å². The molecule has 0 radical (unpaired) electrons. The molecule has 3 aliphatic rings. The van der Waals surface area contributed by atoms with Gasteiger partial charge in [-0.05, 0) is 37.0 Å². The van der Waals surface area contributed by atoms with E-state index >= 15 is 4.39 Å². The number of ether oxygens (including phenoxy) is 2. The third-order valence-corrected chi connectivity index (χ3v) is 8.99. The number of nitrogens with two attached hydrogens (primary N) is 1. The van der Waals surface area contributed by atoms with Crippen LogP contribution in [-0.2, 0) is 21.8 Å². The fraction of sp³-hybridized carbons (Fsp3) is 0.393. The van der Waals surface area contributed by atoms with Crippen molar-refractivity contribution >= 4 is 51.0 Å². The van der Waals surface area contributed by atoms with Gasteiger partial charge in [0.2, 0.25) is 11.8 Å². The third kappa shape index (κ3) is 5.00. The summed E-state index contributed by atoms with van der Waals surface area (Å²) >= 11 is 1.31. The van der Waals surface area contributed by atoms with Crippen LogP contribution in [0.1, 0.15) is 53.0 Å². The maximum Gasteiger partial charge on any atom is 0.321 e. The number of nitrogens with zero attached hydrogens (tertiary/aromatic N) is 2. The Morgan fingerprint density at radius 1 is 1.21 bits per heavy atom. The quantitative estimate of drug-likeness (QED) is 0.228. The average Bonchev–Trinajstić information content (AvgIpc) is 3.54. The van der Waals surface area contributed by atoms with Crippen LogP contribution in [0.25, 0.3) is 10.2 Å². The molecule has 5 amide bonds. The first-order valence-corrected chi connectivity index (χ1v) is 14.3. The molecule has 3 aromatic rings. The van der Waals surface area contributed by atoms with E-state index in [-0.39, 0.29) is 36.2 Å². The predicted molar refractivity (Wildman–Crippen MR) is 151 cm³/mol. The molecule has 1 aromatic heterocycles. The second-order valence-corrected chi connectivity index (χ2v) is 11.8. The van der Waals surface area contributed by atoms with E-state index in [1.807, 2.05) is 6.07 Å². The maximum atomic E-state index is 15.6. The van der Waals surface area contributed by atoms with E-state index in [0.717, 1.165) is 17.5 Å². The molecule has 12 nitrogen and oxygen atoms in total. The van der Waals surface area contributed by atoms with Gasteiger partial charge in [-0.3, -0.25) is 19.7 Å². The van der Waals surface area contributed by atoms with Gasteiger partial charge in [0.25, 0.3) is 5.91 Å². The number of carbonyl (C=O) groups excluding carboxylic acids is 4. The molecule has 6 rings (SSSR count). The van der Waals surface area contributed by atoms with E-state index < -0.39 is 41.3 Å². The van der Waals surface area contributed by atoms with Crippen molar-refractivity contribution in [3.05, 3.63) is 46.2 Å². The first kappa shape index (κ1) is 27.8. The number of rotatable bonds is 8. The summed E-state index contributed by atoms with van der Waals surface area (Å²) in [5.41, 5.74) is 6.06. The molecule has 220 valence electrons. The van der Waals surface area contributed by atoms with Crippen LogP contribution in [0.4, 0.5) is 14.9 Å². The number of aromatic nitrogens is 1. The summed E-state index contributed by atoms with van der Waals surface area (Å²) in [6, 6.07) is 4.62. The van der Waals surface area contributed by atoms with Crippen molar-refractivity contribution in [2.45, 2.75) is 50.4 Å². The lowest BCUT2D eigenvalue weighted by molar-refractivity contribution is -0.136. The molecule has 2 fully saturated rings. The van der Waals surface area contributed by atoms with Gasteiger partial charge in [-0.1, -0.05) is 12.8 Å². The Hall–Kier alpha value is -4.30. The molecular weight excluding hydrogens is 567 g/mol. The molecule has 1 unspecified atom stereocenters. The molecule has 0 spiro atoms. The monoisotopic (exact) mass is 596 g/mol. The zero-order chi connectivity index (χ0) is 29.8. The number of methoxy groups -OCH3 is 2. The molecule has 3 heterocycles. The zero-order valence-corrected chi connectivity index (χ0v) is 23.7. The molecule has 2 atom stereocenters. The summed E-state index contributed by atoms with van der Waals surface area (Å²) in [6.07, 6.45) is 2.62. The van der Waals surface area contributed by atoms with Crippen LogP contribution >= 0.6 is 11.3 Å². The number of halogens is 1. The molecule has 14 heteroatoms. The van der Waals surface area contributed by atoms with Gasteiger partial charge in [0.15, 0.2) is 5.82 Å². The normalized spacial score (nSPS) is 19.8. The molecule has 2 aliphatic heterocycles. The van der Waals surface area contributed by atoms with Crippen LogP contribution in [0.3, 0.4) is 0 Å². The van der Waals surface area contributed by atoms with Gasteiger partial charge in [-0.2, -0.15) is 0 Å². The predicted octanol–water partition coefficient (Wildman–Crippen LogP) is 2.95. The third-order valence-electron chi connectivity index (χ3n) is 7.81. The van der Waals surface area contributed by atoms with Crippen LogP contribution in [0.5, 0.6) is 11.5 Å². The maximum absolute atomic E-state index is 15.6. The van der Waals surface area contributed by atoms with Gasteiger partial charge in [-0.15, -0.1) is 11.3 Å². The SMILES string of the molecule is COc1cc(OC)c2nc([C@](N)(CC3CC3)NC(=O)Nc3ccc4c(c3F)CN(C3CCC(=O)NC3=O)C4=O)sc2c1. The Morgan fingerprint density at radius 2 is 2.00 bits per heavy atom. The Balaban J connectivity index is 1.23. The average molecular weight is 597 g/mol. The molecular formula is C28H29FN6O6S. The van der Waals surface area contributed by atoms with E-state index in [1.54, 1.807) is 13.2 Å². The van der Waals surface area contributed by atoms with Gasteiger partial charge in [-0.25, -0.2) is 14.2 Å². The van der Waals surface area contributed by atoms with Gasteiger partial charge < -0.3 is 30.7 Å². The number of fused-ring (bicyclic) bond motifs is 2. The number of nitrogens with one attached hydrogen (secondary N) is 3. The number of amides is 5. The number of anilines is 1. The number of carbonyl (C=O) groups is 4. The summed E-state index contributed by atoms with van der Waals surface area (Å²) in [6.45, 7) is -0.164. The molecule has 2 aromatic carbocycles. The van der Waals surface area contributed by atoms with E-state index in [1.165, 1.54) is 35.5 Å². The minimum Gasteiger partial charge on any atom is -0.497 e. The zero-order valence-electron chi connectivity index (χ0n) is 22.9. The molecule has 5 N–H and O–H groups in total. The summed E-state index contributed by atoms with van der Waals surface area (Å²) in [5, 5.41) is 8.02. The van der Waals surface area contributed by atoms with Crippen molar-refractivity contribution in [1.82, 2.24) is 20.5 Å². The smallest absolute Gasteiger partial charge is 0.321 e. The first-order valence-electron chi connectivity index (χ1n) is 13.5. The standard InChI is InChI=1S/C28H29FN6O6S/c1-40-14-9-19(41-2)23-20(10-14)42-26(33-23)28(30,11-13-3-4-13)34-27(39)31-17-6-5-15-16(22(17)29)12-35(25(15)38)18-7-8-21(36)32-24(18)37/h5-6,9-10,13,18H,3-4,7-8,11-12,30H2,1-2H3,(H2,31,34,39)(H,32,36,37)/t18?,28-/m0/s1. The van der Waals surface area contributed by atoms with E-state index in [9.17, 15) is 19.2 Å². The van der Waals surface area contributed by atoms with Crippen molar-refractivity contribution in [2.24, 2.45) is 11.7 Å². The van der Waals surface area contributed by atoms with E-state index in [4.69, 9.17) is 20.2 Å². The summed E-state index contributed by atoms with van der Waals surface area (Å²) in [7, 11) is 3.08. The lowest BCUT2D eigenvalue weighted by Crippen LogP contribution is -2.54. The fourth-order valence-electron chi connectivity index (χ4n) is 5.47. The molecule has 1 saturated heterocycles. The van der Waals surface area contributed by atoms with Crippen molar-refractivity contribution in [1.29, 1.82) is 0 Å². The van der Waals surface area contributed by atoms with Gasteiger partial charge in [0.1, 0.15) is 33.7 Å². The highest BCUT2D eigenvalue weighted by Gasteiger charge is 2.42. The summed E-state index contributed by atoms with van der Waals surface area (Å²) < 4.78 is 27.2. The van der Waals surface area contributed by atoms with Gasteiger partial charge in [0.05, 0.1) is 31.2 Å². The van der Waals surface area contributed by atoms with Crippen molar-refractivity contribution in [3.63, 3.8) is 0 Å². The summed E-state index contributed by atoms with van der Waals surface area (Å²) in [5.74, 6) is -0.897. The first-order chi connectivity index (χ1) is 20.1. The van der Waals surface area contributed by atoms with Crippen molar-refractivity contribution in [2.75, 3.05) is 19.5 Å². The number of hydrogen-bond acceptors (Lipinski definition) is 9. The molecule has 0 bridgehead atoms. The number of urea groups is 1. The number of imide groups is 1. The van der Waals surface area contributed by atoms with Crippen LogP contribution in [0.15, 0.2) is 24.3 Å². The fourth-order valence-corrected chi connectivity index (χ4v) is 6.54. The van der Waals surface area contributed by atoms with Gasteiger partial charge in [0, 0.05) is 23.6 Å². The van der Waals surface area contributed by atoms with Gasteiger partial charge >= 0.3 is 6.03 Å². The second-order valence-electron chi connectivity index (χ2n) is 10.7. The highest BCUT2D eigenvalue weighted by molar-refractivity contribution is 7.18. The lowest BCUT2D eigenvalue weighted by atomic mass is 10.0. The highest BCUT2D eigenvalue weighted by atomic mass is 32.1. The van der Waals surface area contributed by atoms with Crippen LogP contribution in [-0.4, -0.2) is 53.9 Å². The summed E-state index contributed by atoms with van der Waals surface area (Å²) in [4.78, 5) is 56.0. The van der Waals surface area contributed by atoms with Crippen molar-refractivity contribution < 1.29 is 33.0 Å². The van der Waals surface area contributed by atoms with E-state index in [2.05, 4.69) is 16.0 Å². The number of piperidine rings is 1. The minimum atomic E-state index is -1.35. The van der Waals surface area contributed by atoms with Crippen LogP contribution < -0.4 is 31.2 Å². The van der Waals surface area contributed by atoms with Crippen LogP contribution in [0, 0.1) is 11.7 Å². The topological polar surface area (TPSA) is 165 Å². The Labute approximate surface area is 243 Å².